The van der Waals surface area contributed by atoms with Gasteiger partial charge in [-0.1, -0.05) is 36.9 Å². The largest absolute Gasteiger partial charge is 0.489 e. The van der Waals surface area contributed by atoms with Gasteiger partial charge in [-0.05, 0) is 23.3 Å². The molecule has 0 aliphatic carbocycles. The van der Waals surface area contributed by atoms with Gasteiger partial charge in [0, 0.05) is 36.7 Å². The molecule has 0 saturated carbocycles. The summed E-state index contributed by atoms with van der Waals surface area (Å²) in [5, 5.41) is 1.08. The Bertz CT molecular complexity index is 910. The molecule has 0 atom stereocenters. The Morgan fingerprint density at radius 2 is 1.92 bits per heavy atom. The summed E-state index contributed by atoms with van der Waals surface area (Å²) in [4.78, 5) is 11.6. The molecule has 0 N–H and O–H groups in total. The van der Waals surface area contributed by atoms with Gasteiger partial charge in [-0.2, -0.15) is 0 Å². The number of hydrogen-bond donors (Lipinski definition) is 0. The molecule has 3 rings (SSSR count). The highest BCUT2D eigenvalue weighted by Gasteiger charge is 2.13. The number of ether oxygens (including phenoxy) is 2. The standard InChI is InChI=1S/C21H21NO3/c1-15(21(23)24-3)11-17-13-22(2)20-12-18(9-10-19(17)20)25-14-16-7-5-4-6-8-16/h4-10,12-13H,1,11,14H2,2-3H3. The van der Waals surface area contributed by atoms with Crippen molar-refractivity contribution in [2.75, 3.05) is 7.11 Å². The predicted octanol–water partition coefficient (Wildman–Crippen LogP) is 4.03. The molecule has 0 radical (unpaired) electrons. The minimum Gasteiger partial charge on any atom is -0.489 e. The fourth-order valence-corrected chi connectivity index (χ4v) is 2.87. The van der Waals surface area contributed by atoms with Crippen molar-refractivity contribution >= 4 is 16.9 Å². The molecular formula is C21H21NO3. The number of fused-ring (bicyclic) bond motifs is 1. The van der Waals surface area contributed by atoms with Gasteiger partial charge in [-0.25, -0.2) is 4.79 Å². The highest BCUT2D eigenvalue weighted by Crippen LogP contribution is 2.27. The van der Waals surface area contributed by atoms with Gasteiger partial charge < -0.3 is 14.0 Å². The number of methoxy groups -OCH3 is 1. The summed E-state index contributed by atoms with van der Waals surface area (Å²) in [5.74, 6) is 0.440. The second-order valence-electron chi connectivity index (χ2n) is 5.99. The van der Waals surface area contributed by atoms with Gasteiger partial charge in [0.25, 0.3) is 0 Å². The second kappa shape index (κ2) is 7.26. The first-order chi connectivity index (χ1) is 12.1. The Hall–Kier alpha value is -3.01. The third kappa shape index (κ3) is 3.74. The third-order valence-corrected chi connectivity index (χ3v) is 4.17. The summed E-state index contributed by atoms with van der Waals surface area (Å²) in [5.41, 5.74) is 3.67. The fraction of sp³-hybridized carbons (Fsp3) is 0.190. The van der Waals surface area contributed by atoms with Crippen LogP contribution in [0.3, 0.4) is 0 Å². The van der Waals surface area contributed by atoms with Crippen LogP contribution in [0.1, 0.15) is 11.1 Å². The van der Waals surface area contributed by atoms with E-state index in [0.29, 0.717) is 18.6 Å². The molecule has 1 aromatic heterocycles. The number of carbonyl (C=O) groups excluding carboxylic acids is 1. The van der Waals surface area contributed by atoms with Crippen molar-refractivity contribution < 1.29 is 14.3 Å². The topological polar surface area (TPSA) is 40.5 Å². The van der Waals surface area contributed by atoms with Gasteiger partial charge >= 0.3 is 5.97 Å². The lowest BCUT2D eigenvalue weighted by Gasteiger charge is -2.07. The van der Waals surface area contributed by atoms with Crippen molar-refractivity contribution in [3.63, 3.8) is 0 Å². The summed E-state index contributed by atoms with van der Waals surface area (Å²) < 4.78 is 12.7. The van der Waals surface area contributed by atoms with E-state index in [4.69, 9.17) is 9.47 Å². The Morgan fingerprint density at radius 3 is 2.64 bits per heavy atom. The average Bonchev–Trinajstić information content (AvgIpc) is 2.95. The smallest absolute Gasteiger partial charge is 0.333 e. The molecule has 0 aliphatic heterocycles. The first-order valence-electron chi connectivity index (χ1n) is 8.09. The number of benzene rings is 2. The molecule has 25 heavy (non-hydrogen) atoms. The molecular weight excluding hydrogens is 314 g/mol. The third-order valence-electron chi connectivity index (χ3n) is 4.17. The van der Waals surface area contributed by atoms with E-state index in [9.17, 15) is 4.79 Å². The van der Waals surface area contributed by atoms with Gasteiger partial charge in [0.2, 0.25) is 0 Å². The van der Waals surface area contributed by atoms with Crippen molar-refractivity contribution in [1.29, 1.82) is 0 Å². The van der Waals surface area contributed by atoms with E-state index < -0.39 is 0 Å². The minimum atomic E-state index is -0.375. The van der Waals surface area contributed by atoms with Gasteiger partial charge in [0.15, 0.2) is 0 Å². The van der Waals surface area contributed by atoms with Gasteiger partial charge in [-0.3, -0.25) is 0 Å². The van der Waals surface area contributed by atoms with Gasteiger partial charge in [0.05, 0.1) is 12.6 Å². The van der Waals surface area contributed by atoms with Crippen molar-refractivity contribution in [2.45, 2.75) is 13.0 Å². The lowest BCUT2D eigenvalue weighted by atomic mass is 10.1. The maximum Gasteiger partial charge on any atom is 0.333 e. The molecule has 0 spiro atoms. The molecule has 0 unspecified atom stereocenters. The summed E-state index contributed by atoms with van der Waals surface area (Å²) in [7, 11) is 3.35. The molecule has 0 fully saturated rings. The van der Waals surface area contributed by atoms with Crippen LogP contribution in [0.4, 0.5) is 0 Å². The number of rotatable bonds is 6. The molecule has 0 aliphatic rings. The summed E-state index contributed by atoms with van der Waals surface area (Å²) >= 11 is 0. The fourth-order valence-electron chi connectivity index (χ4n) is 2.87. The Balaban J connectivity index is 1.80. The maximum absolute atomic E-state index is 11.6. The van der Waals surface area contributed by atoms with E-state index in [1.165, 1.54) is 7.11 Å². The lowest BCUT2D eigenvalue weighted by molar-refractivity contribution is -0.136. The molecule has 2 aromatic carbocycles. The van der Waals surface area contributed by atoms with E-state index in [0.717, 1.165) is 27.8 Å². The van der Waals surface area contributed by atoms with Crippen molar-refractivity contribution in [3.05, 3.63) is 78.0 Å². The van der Waals surface area contributed by atoms with Crippen LogP contribution in [0.5, 0.6) is 5.75 Å². The van der Waals surface area contributed by atoms with E-state index in [1.807, 2.05) is 66.3 Å². The van der Waals surface area contributed by atoms with Crippen molar-refractivity contribution in [1.82, 2.24) is 4.57 Å². The summed E-state index contributed by atoms with van der Waals surface area (Å²) in [6.45, 7) is 4.34. The molecule has 0 bridgehead atoms. The number of esters is 1. The quantitative estimate of drug-likeness (QED) is 0.504. The number of carbonyl (C=O) groups is 1. The zero-order chi connectivity index (χ0) is 17.8. The first kappa shape index (κ1) is 16.8. The average molecular weight is 335 g/mol. The van der Waals surface area contributed by atoms with Gasteiger partial charge in [0.1, 0.15) is 12.4 Å². The highest BCUT2D eigenvalue weighted by atomic mass is 16.5. The van der Waals surface area contributed by atoms with Crippen LogP contribution in [-0.4, -0.2) is 17.6 Å². The summed E-state index contributed by atoms with van der Waals surface area (Å²) in [6.07, 6.45) is 2.48. The molecule has 128 valence electrons. The molecule has 0 amide bonds. The van der Waals surface area contributed by atoms with E-state index in [-0.39, 0.29) is 5.97 Å². The summed E-state index contributed by atoms with van der Waals surface area (Å²) in [6, 6.07) is 16.1. The molecule has 1 heterocycles. The zero-order valence-corrected chi connectivity index (χ0v) is 14.5. The van der Waals surface area contributed by atoms with E-state index in [2.05, 4.69) is 6.58 Å². The van der Waals surface area contributed by atoms with E-state index in [1.54, 1.807) is 0 Å². The Kier molecular flexibility index (Phi) is 4.89. The molecule has 0 saturated heterocycles. The van der Waals surface area contributed by atoms with Crippen molar-refractivity contribution in [3.8, 4) is 5.75 Å². The molecule has 4 nitrogen and oxygen atoms in total. The van der Waals surface area contributed by atoms with Crippen LogP contribution < -0.4 is 4.74 Å². The highest BCUT2D eigenvalue weighted by molar-refractivity contribution is 5.91. The van der Waals surface area contributed by atoms with Crippen LogP contribution in [0.25, 0.3) is 10.9 Å². The Morgan fingerprint density at radius 1 is 1.16 bits per heavy atom. The molecule has 4 heteroatoms. The normalized spacial score (nSPS) is 10.6. The number of aryl methyl sites for hydroxylation is 1. The maximum atomic E-state index is 11.6. The molecule has 3 aromatic rings. The predicted molar refractivity (Wildman–Crippen MR) is 98.6 cm³/mol. The van der Waals surface area contributed by atoms with E-state index >= 15 is 0 Å². The number of nitrogens with zero attached hydrogens (tertiary/aromatic N) is 1. The van der Waals surface area contributed by atoms with Crippen molar-refractivity contribution in [2.24, 2.45) is 7.05 Å². The zero-order valence-electron chi connectivity index (χ0n) is 14.5. The van der Waals surface area contributed by atoms with Crippen LogP contribution in [0, 0.1) is 0 Å². The van der Waals surface area contributed by atoms with Crippen LogP contribution in [0.15, 0.2) is 66.9 Å². The van der Waals surface area contributed by atoms with Gasteiger partial charge in [-0.15, -0.1) is 0 Å². The number of aromatic nitrogens is 1. The van der Waals surface area contributed by atoms with Crippen LogP contribution in [-0.2, 0) is 29.6 Å². The monoisotopic (exact) mass is 335 g/mol. The second-order valence-corrected chi connectivity index (χ2v) is 5.99. The minimum absolute atomic E-state index is 0.375. The lowest BCUT2D eigenvalue weighted by Crippen LogP contribution is -2.05. The number of hydrogen-bond acceptors (Lipinski definition) is 3. The first-order valence-corrected chi connectivity index (χ1v) is 8.09. The van der Waals surface area contributed by atoms with Crippen LogP contribution >= 0.6 is 0 Å². The van der Waals surface area contributed by atoms with Crippen LogP contribution in [0.2, 0.25) is 0 Å². The SMILES string of the molecule is C=C(Cc1cn(C)c2cc(OCc3ccccc3)ccc12)C(=O)OC. The Labute approximate surface area is 147 Å².